The first-order valence-electron chi connectivity index (χ1n) is 13.0. The van der Waals surface area contributed by atoms with Crippen LogP contribution in [0.25, 0.3) is 0 Å². The molecule has 0 unspecified atom stereocenters. The molecule has 3 aromatic carbocycles. The molecule has 0 bridgehead atoms. The lowest BCUT2D eigenvalue weighted by Gasteiger charge is -2.15. The smallest absolute Gasteiger partial charge is 0.271 e. The molecule has 0 aliphatic rings. The molecule has 0 aromatic heterocycles. The SMILES string of the molecule is CCCOc1ccc(C(=O)N/N=C/c2cc(I)c(OCC(=O)Nc3cccc(C)c3)c(OCC)c2)cc1OCC. The first kappa shape index (κ1) is 30.7. The van der Waals surface area contributed by atoms with Crippen LogP contribution in [-0.4, -0.2) is 44.5 Å². The van der Waals surface area contributed by atoms with Crippen molar-refractivity contribution < 1.29 is 28.5 Å². The second-order valence-electron chi connectivity index (χ2n) is 8.61. The largest absolute Gasteiger partial charge is 0.490 e. The average molecular weight is 660 g/mol. The van der Waals surface area contributed by atoms with Gasteiger partial charge in [0.25, 0.3) is 11.8 Å². The minimum absolute atomic E-state index is 0.181. The molecule has 3 rings (SSSR count). The Balaban J connectivity index is 1.66. The number of hydrogen-bond acceptors (Lipinski definition) is 7. The Hall–Kier alpha value is -3.80. The fraction of sp³-hybridized carbons (Fsp3) is 0.300. The molecule has 0 aliphatic carbocycles. The maximum atomic E-state index is 12.7. The van der Waals surface area contributed by atoms with E-state index < -0.39 is 5.91 Å². The van der Waals surface area contributed by atoms with Gasteiger partial charge in [-0.1, -0.05) is 19.1 Å². The van der Waals surface area contributed by atoms with Crippen molar-refractivity contribution in [2.45, 2.75) is 34.1 Å². The molecular formula is C30H34IN3O6. The van der Waals surface area contributed by atoms with Crippen molar-refractivity contribution in [3.05, 3.63) is 74.9 Å². The van der Waals surface area contributed by atoms with Crippen molar-refractivity contribution in [1.29, 1.82) is 0 Å². The van der Waals surface area contributed by atoms with Gasteiger partial charge in [0.15, 0.2) is 29.6 Å². The van der Waals surface area contributed by atoms with Gasteiger partial charge in [0.2, 0.25) is 0 Å². The zero-order valence-corrected chi connectivity index (χ0v) is 25.2. The van der Waals surface area contributed by atoms with Crippen molar-refractivity contribution in [3.63, 3.8) is 0 Å². The number of rotatable bonds is 14. The summed E-state index contributed by atoms with van der Waals surface area (Å²) in [6.07, 6.45) is 2.38. The van der Waals surface area contributed by atoms with Crippen LogP contribution in [0, 0.1) is 10.5 Å². The summed E-state index contributed by atoms with van der Waals surface area (Å²) < 4.78 is 23.6. The minimum Gasteiger partial charge on any atom is -0.490 e. The van der Waals surface area contributed by atoms with E-state index in [1.54, 1.807) is 24.3 Å². The van der Waals surface area contributed by atoms with Crippen LogP contribution in [0.3, 0.4) is 0 Å². The number of nitrogens with zero attached hydrogens (tertiary/aromatic N) is 1. The van der Waals surface area contributed by atoms with Crippen molar-refractivity contribution in [2.24, 2.45) is 5.10 Å². The van der Waals surface area contributed by atoms with Gasteiger partial charge in [-0.3, -0.25) is 9.59 Å². The summed E-state index contributed by atoms with van der Waals surface area (Å²) >= 11 is 2.11. The van der Waals surface area contributed by atoms with Crippen molar-refractivity contribution in [2.75, 3.05) is 31.7 Å². The Morgan fingerprint density at radius 2 is 1.68 bits per heavy atom. The first-order chi connectivity index (χ1) is 19.3. The Morgan fingerprint density at radius 1 is 0.900 bits per heavy atom. The van der Waals surface area contributed by atoms with Gasteiger partial charge < -0.3 is 24.3 Å². The summed E-state index contributed by atoms with van der Waals surface area (Å²) in [6, 6.07) is 16.1. The summed E-state index contributed by atoms with van der Waals surface area (Å²) in [4.78, 5) is 25.1. The zero-order valence-electron chi connectivity index (χ0n) is 23.1. The molecular weight excluding hydrogens is 625 g/mol. The third-order valence-corrected chi connectivity index (χ3v) is 6.13. The van der Waals surface area contributed by atoms with Crippen LogP contribution in [0.5, 0.6) is 23.0 Å². The van der Waals surface area contributed by atoms with E-state index in [-0.39, 0.29) is 12.5 Å². The molecule has 2 N–H and O–H groups in total. The van der Waals surface area contributed by atoms with Gasteiger partial charge in [0.05, 0.1) is 29.6 Å². The van der Waals surface area contributed by atoms with Gasteiger partial charge >= 0.3 is 0 Å². The fourth-order valence-corrected chi connectivity index (χ4v) is 4.38. The number of ether oxygens (including phenoxy) is 4. The van der Waals surface area contributed by atoms with Crippen molar-refractivity contribution >= 4 is 46.3 Å². The lowest BCUT2D eigenvalue weighted by atomic mass is 10.2. The van der Waals surface area contributed by atoms with Crippen LogP contribution in [0.15, 0.2) is 59.7 Å². The lowest BCUT2D eigenvalue weighted by molar-refractivity contribution is -0.118. The quantitative estimate of drug-likeness (QED) is 0.126. The number of benzene rings is 3. The lowest BCUT2D eigenvalue weighted by Crippen LogP contribution is -2.20. The highest BCUT2D eigenvalue weighted by molar-refractivity contribution is 14.1. The van der Waals surface area contributed by atoms with Crippen molar-refractivity contribution in [3.8, 4) is 23.0 Å². The van der Waals surface area contributed by atoms with Gasteiger partial charge in [0, 0.05) is 11.3 Å². The van der Waals surface area contributed by atoms with Crippen LogP contribution in [-0.2, 0) is 4.79 Å². The Morgan fingerprint density at radius 3 is 2.40 bits per heavy atom. The number of hydrazone groups is 1. The number of halogens is 1. The van der Waals surface area contributed by atoms with E-state index in [1.807, 2.05) is 58.0 Å². The summed E-state index contributed by atoms with van der Waals surface area (Å²) in [6.45, 7) is 8.93. The third-order valence-electron chi connectivity index (χ3n) is 5.33. The predicted molar refractivity (Wildman–Crippen MR) is 164 cm³/mol. The molecule has 3 aromatic rings. The molecule has 0 spiro atoms. The molecule has 2 amide bonds. The highest BCUT2D eigenvalue weighted by Crippen LogP contribution is 2.34. The molecule has 0 atom stereocenters. The van der Waals surface area contributed by atoms with Crippen LogP contribution in [0.4, 0.5) is 5.69 Å². The number of amides is 2. The van der Waals surface area contributed by atoms with Gasteiger partial charge in [-0.2, -0.15) is 5.10 Å². The summed E-state index contributed by atoms with van der Waals surface area (Å²) in [5.74, 6) is 1.35. The summed E-state index contributed by atoms with van der Waals surface area (Å²) in [5.41, 5.74) is 5.36. The van der Waals surface area contributed by atoms with Crippen LogP contribution >= 0.6 is 22.6 Å². The molecule has 0 saturated carbocycles. The van der Waals surface area contributed by atoms with E-state index in [2.05, 4.69) is 38.4 Å². The van der Waals surface area contributed by atoms with Gasteiger partial charge in [-0.15, -0.1) is 0 Å². The summed E-state index contributed by atoms with van der Waals surface area (Å²) in [5, 5.41) is 6.93. The molecule has 212 valence electrons. The standard InChI is InChI=1S/C30H34IN3O6/c1-5-13-39-25-12-11-22(17-26(25)37-6-2)30(36)34-32-18-21-15-24(31)29(27(16-21)38-7-3)40-19-28(35)33-23-10-8-9-20(4)14-23/h8-12,14-18H,5-7,13,19H2,1-4H3,(H,33,35)(H,34,36)/b32-18+. The summed E-state index contributed by atoms with van der Waals surface area (Å²) in [7, 11) is 0. The molecule has 0 fully saturated rings. The maximum absolute atomic E-state index is 12.7. The molecule has 0 saturated heterocycles. The van der Waals surface area contributed by atoms with E-state index >= 15 is 0 Å². The number of aryl methyl sites for hydroxylation is 1. The normalized spacial score (nSPS) is 10.7. The monoisotopic (exact) mass is 659 g/mol. The van der Waals surface area contributed by atoms with Crippen LogP contribution < -0.4 is 29.7 Å². The van der Waals surface area contributed by atoms with Crippen molar-refractivity contribution in [1.82, 2.24) is 5.43 Å². The van der Waals surface area contributed by atoms with Crippen LogP contribution in [0.1, 0.15) is 48.7 Å². The van der Waals surface area contributed by atoms with Gasteiger partial charge in [-0.05, 0) is 103 Å². The molecule has 10 heteroatoms. The van der Waals surface area contributed by atoms with Gasteiger partial charge in [0.1, 0.15) is 0 Å². The highest BCUT2D eigenvalue weighted by atomic mass is 127. The minimum atomic E-state index is -0.390. The molecule has 0 heterocycles. The topological polar surface area (TPSA) is 107 Å². The van der Waals surface area contributed by atoms with E-state index in [0.717, 1.165) is 15.6 Å². The fourth-order valence-electron chi connectivity index (χ4n) is 3.60. The van der Waals surface area contributed by atoms with E-state index in [9.17, 15) is 9.59 Å². The number of carbonyl (C=O) groups excluding carboxylic acids is 2. The molecule has 0 radical (unpaired) electrons. The number of anilines is 1. The number of nitrogens with one attached hydrogen (secondary N) is 2. The molecule has 9 nitrogen and oxygen atoms in total. The Kier molecular flexibility index (Phi) is 12.1. The second-order valence-corrected chi connectivity index (χ2v) is 9.77. The van der Waals surface area contributed by atoms with E-state index in [4.69, 9.17) is 18.9 Å². The maximum Gasteiger partial charge on any atom is 0.271 e. The number of hydrogen-bond donors (Lipinski definition) is 2. The Labute approximate surface area is 248 Å². The second kappa shape index (κ2) is 15.7. The highest BCUT2D eigenvalue weighted by Gasteiger charge is 2.15. The Bertz CT molecular complexity index is 1350. The molecule has 40 heavy (non-hydrogen) atoms. The predicted octanol–water partition coefficient (Wildman–Crippen LogP) is 5.97. The third kappa shape index (κ3) is 9.15. The van der Waals surface area contributed by atoms with E-state index in [0.29, 0.717) is 59.6 Å². The first-order valence-corrected chi connectivity index (χ1v) is 14.1. The van der Waals surface area contributed by atoms with E-state index in [1.165, 1.54) is 6.21 Å². The zero-order chi connectivity index (χ0) is 28.9. The average Bonchev–Trinajstić information content (AvgIpc) is 2.92. The molecule has 0 aliphatic heterocycles. The van der Waals surface area contributed by atoms with Crippen LogP contribution in [0.2, 0.25) is 0 Å². The number of carbonyl (C=O) groups is 2. The van der Waals surface area contributed by atoms with Gasteiger partial charge in [-0.25, -0.2) is 5.43 Å².